The van der Waals surface area contributed by atoms with Crippen LogP contribution in [0, 0.1) is 11.7 Å². The van der Waals surface area contributed by atoms with Crippen LogP contribution >= 0.6 is 0 Å². The molecular formula is C13H17FN2O2. The predicted molar refractivity (Wildman–Crippen MR) is 67.2 cm³/mol. The van der Waals surface area contributed by atoms with E-state index in [0.717, 1.165) is 12.1 Å². The molecule has 1 aliphatic rings. The highest BCUT2D eigenvalue weighted by Crippen LogP contribution is 2.37. The highest BCUT2D eigenvalue weighted by Gasteiger charge is 2.33. The van der Waals surface area contributed by atoms with Crippen molar-refractivity contribution in [2.24, 2.45) is 5.92 Å². The number of rotatable bonds is 2. The summed E-state index contributed by atoms with van der Waals surface area (Å²) in [7, 11) is 0. The molecule has 0 fully saturated rings. The van der Waals surface area contributed by atoms with Crippen LogP contribution < -0.4 is 10.6 Å². The van der Waals surface area contributed by atoms with Crippen molar-refractivity contribution in [1.29, 1.82) is 0 Å². The van der Waals surface area contributed by atoms with Crippen LogP contribution in [0.1, 0.15) is 31.9 Å². The van der Waals surface area contributed by atoms with Crippen LogP contribution in [0.5, 0.6) is 0 Å². The summed E-state index contributed by atoms with van der Waals surface area (Å²) in [6, 6.07) is 4.24. The van der Waals surface area contributed by atoms with Gasteiger partial charge in [-0.2, -0.15) is 0 Å². The van der Waals surface area contributed by atoms with Crippen LogP contribution in [0.2, 0.25) is 0 Å². The van der Waals surface area contributed by atoms with Gasteiger partial charge < -0.3 is 15.7 Å². The van der Waals surface area contributed by atoms with Crippen LogP contribution in [0.25, 0.3) is 0 Å². The van der Waals surface area contributed by atoms with E-state index < -0.39 is 6.09 Å². The molecule has 3 N–H and O–H groups in total. The van der Waals surface area contributed by atoms with Gasteiger partial charge in [0.2, 0.25) is 0 Å². The summed E-state index contributed by atoms with van der Waals surface area (Å²) in [5.74, 6) is -0.282. The maximum absolute atomic E-state index is 13.3. The fourth-order valence-corrected chi connectivity index (χ4v) is 2.59. The first kappa shape index (κ1) is 12.7. The summed E-state index contributed by atoms with van der Waals surface area (Å²) in [5.41, 5.74) is 1.48. The Balaban J connectivity index is 2.42. The van der Waals surface area contributed by atoms with Gasteiger partial charge in [-0.15, -0.1) is 0 Å². The van der Waals surface area contributed by atoms with E-state index in [1.54, 1.807) is 6.07 Å². The van der Waals surface area contributed by atoms with Crippen molar-refractivity contribution in [3.8, 4) is 0 Å². The standard InChI is InChI=1S/C13H17FN2O2/c1-3-10-7(2)12(16-13(17)18)9-6-8(14)4-5-11(9)15-10/h4-7,10,12,15-16H,3H2,1-2H3,(H,17,18)/t7-,10-,12+/m0/s1. The average Bonchev–Trinajstić information content (AvgIpc) is 2.32. The van der Waals surface area contributed by atoms with Gasteiger partial charge in [0.1, 0.15) is 5.82 Å². The monoisotopic (exact) mass is 252 g/mol. The minimum atomic E-state index is -1.08. The van der Waals surface area contributed by atoms with Gasteiger partial charge in [0.25, 0.3) is 0 Å². The number of halogens is 1. The fraction of sp³-hybridized carbons (Fsp3) is 0.462. The van der Waals surface area contributed by atoms with Gasteiger partial charge in [0.15, 0.2) is 0 Å². The van der Waals surface area contributed by atoms with Crippen LogP contribution in [0.3, 0.4) is 0 Å². The molecule has 2 rings (SSSR count). The summed E-state index contributed by atoms with van der Waals surface area (Å²) < 4.78 is 13.3. The third-order valence-corrected chi connectivity index (χ3v) is 3.57. The van der Waals surface area contributed by atoms with Crippen molar-refractivity contribution in [2.45, 2.75) is 32.4 Å². The third-order valence-electron chi connectivity index (χ3n) is 3.57. The van der Waals surface area contributed by atoms with Crippen molar-refractivity contribution in [2.75, 3.05) is 5.32 Å². The molecule has 0 bridgehead atoms. The van der Waals surface area contributed by atoms with Crippen molar-refractivity contribution in [1.82, 2.24) is 5.32 Å². The van der Waals surface area contributed by atoms with Gasteiger partial charge in [-0.1, -0.05) is 13.8 Å². The molecule has 0 unspecified atom stereocenters. The lowest BCUT2D eigenvalue weighted by Crippen LogP contribution is -2.43. The second kappa shape index (κ2) is 4.84. The molecule has 0 saturated carbocycles. The van der Waals surface area contributed by atoms with Crippen molar-refractivity contribution >= 4 is 11.8 Å². The van der Waals surface area contributed by atoms with E-state index in [4.69, 9.17) is 5.11 Å². The molecular weight excluding hydrogens is 235 g/mol. The Labute approximate surface area is 105 Å². The molecule has 18 heavy (non-hydrogen) atoms. The van der Waals surface area contributed by atoms with E-state index in [-0.39, 0.29) is 23.8 Å². The molecule has 0 spiro atoms. The van der Waals surface area contributed by atoms with Crippen molar-refractivity contribution < 1.29 is 14.3 Å². The summed E-state index contributed by atoms with van der Waals surface area (Å²) >= 11 is 0. The lowest BCUT2D eigenvalue weighted by atomic mass is 9.82. The van der Waals surface area contributed by atoms with Crippen molar-refractivity contribution in [3.05, 3.63) is 29.6 Å². The fourth-order valence-electron chi connectivity index (χ4n) is 2.59. The van der Waals surface area contributed by atoms with E-state index >= 15 is 0 Å². The van der Waals surface area contributed by atoms with Gasteiger partial charge in [0.05, 0.1) is 6.04 Å². The molecule has 4 nitrogen and oxygen atoms in total. The number of hydrogen-bond acceptors (Lipinski definition) is 2. The Kier molecular flexibility index (Phi) is 3.41. The number of carbonyl (C=O) groups is 1. The van der Waals surface area contributed by atoms with Crippen molar-refractivity contribution in [3.63, 3.8) is 0 Å². The van der Waals surface area contributed by atoms with Gasteiger partial charge >= 0.3 is 6.09 Å². The summed E-state index contributed by atoms with van der Waals surface area (Å²) in [6.07, 6.45) is -0.200. The first-order valence-corrected chi connectivity index (χ1v) is 6.08. The highest BCUT2D eigenvalue weighted by molar-refractivity contribution is 5.67. The molecule has 1 aromatic rings. The Bertz CT molecular complexity index is 464. The molecule has 1 heterocycles. The quantitative estimate of drug-likeness (QED) is 0.758. The maximum Gasteiger partial charge on any atom is 0.405 e. The number of amides is 1. The zero-order valence-corrected chi connectivity index (χ0v) is 10.4. The smallest absolute Gasteiger partial charge is 0.405 e. The first-order valence-electron chi connectivity index (χ1n) is 6.08. The second-order valence-electron chi connectivity index (χ2n) is 4.68. The Hall–Kier alpha value is -1.78. The number of nitrogens with one attached hydrogen (secondary N) is 2. The average molecular weight is 252 g/mol. The van der Waals surface area contributed by atoms with Gasteiger partial charge in [-0.3, -0.25) is 0 Å². The third kappa shape index (κ3) is 2.25. The molecule has 98 valence electrons. The second-order valence-corrected chi connectivity index (χ2v) is 4.68. The van der Waals surface area contributed by atoms with Gasteiger partial charge in [-0.25, -0.2) is 9.18 Å². The molecule has 5 heteroatoms. The van der Waals surface area contributed by atoms with E-state index in [9.17, 15) is 9.18 Å². The lowest BCUT2D eigenvalue weighted by Gasteiger charge is -2.38. The Morgan fingerprint density at radius 2 is 2.28 bits per heavy atom. The molecule has 1 aromatic carbocycles. The predicted octanol–water partition coefficient (Wildman–Crippen LogP) is 2.97. The lowest BCUT2D eigenvalue weighted by molar-refractivity contribution is 0.182. The number of benzene rings is 1. The molecule has 0 saturated heterocycles. The van der Waals surface area contributed by atoms with E-state index in [0.29, 0.717) is 5.56 Å². The molecule has 0 aromatic heterocycles. The van der Waals surface area contributed by atoms with Crippen LogP contribution in [0.4, 0.5) is 14.9 Å². The molecule has 1 amide bonds. The number of carboxylic acid groups (broad SMARTS) is 1. The molecule has 1 aliphatic heterocycles. The Morgan fingerprint density at radius 3 is 2.89 bits per heavy atom. The van der Waals surface area contributed by atoms with Gasteiger partial charge in [-0.05, 0) is 24.6 Å². The van der Waals surface area contributed by atoms with E-state index in [1.807, 2.05) is 13.8 Å². The Morgan fingerprint density at radius 1 is 1.56 bits per heavy atom. The SMILES string of the molecule is CC[C@@H]1Nc2ccc(F)cc2[C@H](NC(=O)O)[C@H]1C. The van der Waals surface area contributed by atoms with E-state index in [2.05, 4.69) is 10.6 Å². The topological polar surface area (TPSA) is 61.4 Å². The summed E-state index contributed by atoms with van der Waals surface area (Å²) in [6.45, 7) is 4.01. The zero-order chi connectivity index (χ0) is 13.3. The molecule has 3 atom stereocenters. The van der Waals surface area contributed by atoms with Crippen LogP contribution in [-0.4, -0.2) is 17.2 Å². The maximum atomic E-state index is 13.3. The normalized spacial score (nSPS) is 26.1. The summed E-state index contributed by atoms with van der Waals surface area (Å²) in [5, 5.41) is 14.7. The number of fused-ring (bicyclic) bond motifs is 1. The highest BCUT2D eigenvalue weighted by atomic mass is 19.1. The number of hydrogen-bond donors (Lipinski definition) is 3. The largest absolute Gasteiger partial charge is 0.465 e. The minimum absolute atomic E-state index is 0.0698. The number of anilines is 1. The zero-order valence-electron chi connectivity index (χ0n) is 10.4. The molecule has 0 aliphatic carbocycles. The summed E-state index contributed by atoms with van der Waals surface area (Å²) in [4.78, 5) is 10.9. The van der Waals surface area contributed by atoms with Crippen LogP contribution in [0.15, 0.2) is 18.2 Å². The van der Waals surface area contributed by atoms with E-state index in [1.165, 1.54) is 12.1 Å². The molecule has 0 radical (unpaired) electrons. The first-order chi connectivity index (χ1) is 8.52. The van der Waals surface area contributed by atoms with Gasteiger partial charge in [0, 0.05) is 23.2 Å². The van der Waals surface area contributed by atoms with Crippen LogP contribution in [-0.2, 0) is 0 Å². The minimum Gasteiger partial charge on any atom is -0.465 e.